The van der Waals surface area contributed by atoms with Crippen LogP contribution in [0.3, 0.4) is 0 Å². The molecule has 5 saturated carbocycles. The van der Waals surface area contributed by atoms with Crippen LogP contribution >= 0.6 is 0 Å². The van der Waals surface area contributed by atoms with Crippen molar-refractivity contribution in [3.05, 3.63) is 29.8 Å². The fourth-order valence-corrected chi connectivity index (χ4v) is 8.91. The van der Waals surface area contributed by atoms with Crippen LogP contribution in [-0.4, -0.2) is 53.4 Å². The van der Waals surface area contributed by atoms with Crippen LogP contribution in [0, 0.1) is 23.7 Å². The molecule has 0 radical (unpaired) electrons. The van der Waals surface area contributed by atoms with Crippen molar-refractivity contribution >= 4 is 12.2 Å². The predicted octanol–water partition coefficient (Wildman–Crippen LogP) is 6.66. The van der Waals surface area contributed by atoms with E-state index < -0.39 is 23.3 Å². The highest BCUT2D eigenvalue weighted by molar-refractivity contribution is 5.71. The Morgan fingerprint density at radius 1 is 0.929 bits per heavy atom. The number of carbonyl (C=O) groups excluding carboxylic acids is 2. The van der Waals surface area contributed by atoms with E-state index in [9.17, 15) is 9.59 Å². The number of rotatable bonds is 3. The molecule has 5 aliphatic carbocycles. The lowest BCUT2D eigenvalue weighted by Gasteiger charge is -2.57. The van der Waals surface area contributed by atoms with Crippen LogP contribution < -0.4 is 10.1 Å². The smallest absolute Gasteiger partial charge is 0.415 e. The minimum absolute atomic E-state index is 0.0154. The maximum Gasteiger partial charge on any atom is 0.415 e. The van der Waals surface area contributed by atoms with E-state index in [2.05, 4.69) is 17.4 Å². The quantitative estimate of drug-likeness (QED) is 0.398. The average Bonchev–Trinajstić information content (AvgIpc) is 3.30. The first-order valence-electron chi connectivity index (χ1n) is 16.2. The molecule has 2 atom stereocenters. The molecule has 2 spiro atoms. The van der Waals surface area contributed by atoms with Gasteiger partial charge in [0.1, 0.15) is 11.4 Å². The van der Waals surface area contributed by atoms with Gasteiger partial charge in [-0.3, -0.25) is 0 Å². The summed E-state index contributed by atoms with van der Waals surface area (Å²) < 4.78 is 18.0. The lowest BCUT2D eigenvalue weighted by Crippen LogP contribution is -2.59. The van der Waals surface area contributed by atoms with E-state index in [-0.39, 0.29) is 12.1 Å². The Bertz CT molecular complexity index is 1140. The predicted molar refractivity (Wildman–Crippen MR) is 153 cm³/mol. The van der Waals surface area contributed by atoms with Gasteiger partial charge >= 0.3 is 12.2 Å². The summed E-state index contributed by atoms with van der Waals surface area (Å²) in [6, 6.07) is 7.89. The van der Waals surface area contributed by atoms with Gasteiger partial charge < -0.3 is 24.4 Å². The van der Waals surface area contributed by atoms with Gasteiger partial charge in [-0.05, 0) is 114 Å². The molecular weight excluding hydrogens is 536 g/mol. The second-order valence-electron chi connectivity index (χ2n) is 14.8. The molecule has 1 N–H and O–H groups in total. The Morgan fingerprint density at radius 2 is 1.60 bits per heavy atom. The molecule has 7 fully saturated rings. The summed E-state index contributed by atoms with van der Waals surface area (Å²) in [5, 5.41) is 2.90. The molecule has 1 aromatic rings. The molecular formula is C33H46N2O7. The molecule has 2 amide bonds. The minimum atomic E-state index is -0.659. The molecule has 2 saturated heterocycles. The van der Waals surface area contributed by atoms with Gasteiger partial charge in [-0.1, -0.05) is 12.1 Å². The lowest BCUT2D eigenvalue weighted by molar-refractivity contribution is -0.390. The van der Waals surface area contributed by atoms with E-state index in [1.807, 2.05) is 32.9 Å². The number of ether oxygens (including phenoxy) is 3. The summed E-state index contributed by atoms with van der Waals surface area (Å²) in [6.07, 6.45) is 10.6. The summed E-state index contributed by atoms with van der Waals surface area (Å²) in [5.74, 6) is 2.27. The molecule has 8 rings (SSSR count). The lowest BCUT2D eigenvalue weighted by atomic mass is 9.53. The van der Waals surface area contributed by atoms with Crippen molar-refractivity contribution in [2.75, 3.05) is 13.1 Å². The molecule has 2 heterocycles. The summed E-state index contributed by atoms with van der Waals surface area (Å²) in [4.78, 5) is 39.0. The van der Waals surface area contributed by atoms with Crippen LogP contribution in [0.2, 0.25) is 0 Å². The fraction of sp³-hybridized carbons (Fsp3) is 0.758. The third-order valence-corrected chi connectivity index (χ3v) is 10.6. The normalized spacial score (nSPS) is 37.8. The Balaban J connectivity index is 0.915. The Kier molecular flexibility index (Phi) is 7.22. The van der Waals surface area contributed by atoms with Crippen molar-refractivity contribution in [1.82, 2.24) is 10.2 Å². The molecule has 1 unspecified atom stereocenters. The molecule has 230 valence electrons. The van der Waals surface area contributed by atoms with Gasteiger partial charge in [0.15, 0.2) is 0 Å². The number of nitrogens with one attached hydrogen (secondary N) is 1. The summed E-state index contributed by atoms with van der Waals surface area (Å²) >= 11 is 0. The largest absolute Gasteiger partial charge is 0.444 e. The minimum Gasteiger partial charge on any atom is -0.444 e. The van der Waals surface area contributed by atoms with Crippen LogP contribution in [0.1, 0.15) is 103 Å². The van der Waals surface area contributed by atoms with Gasteiger partial charge in [0.2, 0.25) is 11.6 Å². The highest BCUT2D eigenvalue weighted by atomic mass is 17.3. The summed E-state index contributed by atoms with van der Waals surface area (Å²) in [7, 11) is 0. The van der Waals surface area contributed by atoms with Crippen molar-refractivity contribution in [1.29, 1.82) is 0 Å². The maximum atomic E-state index is 12.8. The number of alkyl carbamates (subject to hydrolysis) is 1. The monoisotopic (exact) mass is 582 g/mol. The number of likely N-dealkylation sites (tertiary alicyclic amines) is 1. The van der Waals surface area contributed by atoms with Gasteiger partial charge in [-0.25, -0.2) is 9.59 Å². The van der Waals surface area contributed by atoms with Crippen molar-refractivity contribution in [3.63, 3.8) is 0 Å². The van der Waals surface area contributed by atoms with E-state index in [0.717, 1.165) is 37.5 Å². The maximum absolute atomic E-state index is 12.8. The first-order valence-corrected chi connectivity index (χ1v) is 16.2. The number of piperidine rings is 1. The molecule has 42 heavy (non-hydrogen) atoms. The van der Waals surface area contributed by atoms with Gasteiger partial charge in [-0.2, -0.15) is 9.78 Å². The van der Waals surface area contributed by atoms with E-state index in [0.29, 0.717) is 49.4 Å². The third-order valence-electron chi connectivity index (χ3n) is 10.6. The van der Waals surface area contributed by atoms with Gasteiger partial charge in [0, 0.05) is 43.8 Å². The molecule has 4 bridgehead atoms. The Labute approximate surface area is 248 Å². The molecule has 9 nitrogen and oxygen atoms in total. The van der Waals surface area contributed by atoms with Crippen molar-refractivity contribution < 1.29 is 33.6 Å². The topological polar surface area (TPSA) is 95.6 Å². The van der Waals surface area contributed by atoms with Gasteiger partial charge in [0.25, 0.3) is 0 Å². The molecule has 1 aromatic carbocycles. The zero-order valence-corrected chi connectivity index (χ0v) is 25.3. The first-order chi connectivity index (χ1) is 20.1. The zero-order chi connectivity index (χ0) is 29.1. The highest BCUT2D eigenvalue weighted by Gasteiger charge is 2.67. The third kappa shape index (κ3) is 5.52. The second-order valence-corrected chi connectivity index (χ2v) is 14.8. The standard InChI is InChI=1S/C33H46N2O7/c1-31(2,3)39-29(36)34-27-10-13-35(14-11-27)30(37)38-28-8-6-23(7-9-28)24-5-4-12-32(20-24)40-33(42-41-32)25-16-21-15-22(18-25)19-26(33)17-21/h6-9,21-22,24-27H,4-5,10-20H2,1-3H3,(H,34,36)/t21?,22?,24?,25?,26?,32-,33?/m1/s1. The number of hydrogen-bond acceptors (Lipinski definition) is 7. The number of carbonyl (C=O) groups is 2. The summed E-state index contributed by atoms with van der Waals surface area (Å²) in [6.45, 7) is 6.57. The Hall–Kier alpha value is -2.36. The van der Waals surface area contributed by atoms with Crippen molar-refractivity contribution in [2.45, 2.75) is 121 Å². The zero-order valence-electron chi connectivity index (χ0n) is 25.3. The highest BCUT2D eigenvalue weighted by Crippen LogP contribution is 2.64. The van der Waals surface area contributed by atoms with E-state index in [1.165, 1.54) is 37.7 Å². The van der Waals surface area contributed by atoms with Crippen LogP contribution in [0.15, 0.2) is 24.3 Å². The van der Waals surface area contributed by atoms with Crippen LogP contribution in [-0.2, 0) is 19.2 Å². The van der Waals surface area contributed by atoms with E-state index in [4.69, 9.17) is 24.0 Å². The van der Waals surface area contributed by atoms with Gasteiger partial charge in [-0.15, -0.1) is 0 Å². The number of hydrogen-bond donors (Lipinski definition) is 1. The average molecular weight is 583 g/mol. The first kappa shape index (κ1) is 28.4. The van der Waals surface area contributed by atoms with Gasteiger partial charge in [0.05, 0.1) is 0 Å². The Morgan fingerprint density at radius 3 is 2.24 bits per heavy atom. The summed E-state index contributed by atoms with van der Waals surface area (Å²) in [5.41, 5.74) is 0.674. The van der Waals surface area contributed by atoms with Crippen molar-refractivity contribution in [3.8, 4) is 5.75 Å². The SMILES string of the molecule is CC(C)(C)OC(=O)NC1CCN(C(=O)Oc2ccc(C3CCC[C@]4(C3)OOC3(O4)C4CC5CC(C4)CC3C5)cc2)CC1. The molecule has 7 aliphatic rings. The van der Waals surface area contributed by atoms with Crippen LogP contribution in [0.4, 0.5) is 9.59 Å². The number of amides is 2. The van der Waals surface area contributed by atoms with E-state index in [1.54, 1.807) is 4.90 Å². The van der Waals surface area contributed by atoms with Crippen LogP contribution in [0.5, 0.6) is 5.75 Å². The second kappa shape index (κ2) is 10.7. The number of nitrogens with zero attached hydrogens (tertiary/aromatic N) is 1. The van der Waals surface area contributed by atoms with E-state index >= 15 is 0 Å². The molecule has 9 heteroatoms. The fourth-order valence-electron chi connectivity index (χ4n) is 8.91. The van der Waals surface area contributed by atoms with Crippen LogP contribution in [0.25, 0.3) is 0 Å². The number of benzene rings is 1. The van der Waals surface area contributed by atoms with Crippen molar-refractivity contribution in [2.24, 2.45) is 23.7 Å². The molecule has 2 aliphatic heterocycles. The molecule has 0 aromatic heterocycles.